The zero-order valence-electron chi connectivity index (χ0n) is 15.7. The fourth-order valence-corrected chi connectivity index (χ4v) is 3.70. The lowest BCUT2D eigenvalue weighted by Crippen LogP contribution is -2.45. The van der Waals surface area contributed by atoms with Crippen LogP contribution in [0.4, 0.5) is 4.79 Å². The van der Waals surface area contributed by atoms with Gasteiger partial charge in [0.2, 0.25) is 0 Å². The quantitative estimate of drug-likeness (QED) is 0.779. The van der Waals surface area contributed by atoms with E-state index in [-0.39, 0.29) is 12.0 Å². The van der Waals surface area contributed by atoms with Gasteiger partial charge in [-0.1, -0.05) is 0 Å². The first-order valence-electron chi connectivity index (χ1n) is 8.85. The molecule has 0 radical (unpaired) electrons. The van der Waals surface area contributed by atoms with E-state index in [2.05, 4.69) is 4.98 Å². The monoisotopic (exact) mass is 349 g/mol. The van der Waals surface area contributed by atoms with Crippen molar-refractivity contribution >= 4 is 12.0 Å². The highest BCUT2D eigenvalue weighted by Gasteiger charge is 2.41. The second-order valence-corrected chi connectivity index (χ2v) is 8.08. The molecule has 2 atom stereocenters. The second-order valence-electron chi connectivity index (χ2n) is 8.08. The normalized spacial score (nSPS) is 23.6. The molecule has 0 spiro atoms. The minimum absolute atomic E-state index is 0.0763. The van der Waals surface area contributed by atoms with Crippen LogP contribution in [-0.2, 0) is 4.74 Å². The molecule has 2 aliphatic rings. The van der Waals surface area contributed by atoms with E-state index in [9.17, 15) is 9.59 Å². The molecule has 7 heteroatoms. The molecule has 25 heavy (non-hydrogen) atoms. The van der Waals surface area contributed by atoms with Gasteiger partial charge in [0.05, 0.1) is 0 Å². The summed E-state index contributed by atoms with van der Waals surface area (Å²) in [6, 6.07) is 0. The summed E-state index contributed by atoms with van der Waals surface area (Å²) in [5.74, 6) is 1.71. The molecule has 2 aliphatic heterocycles. The van der Waals surface area contributed by atoms with Crippen molar-refractivity contribution in [1.29, 1.82) is 0 Å². The lowest BCUT2D eigenvalue weighted by molar-refractivity contribution is 0.0139. The summed E-state index contributed by atoms with van der Waals surface area (Å²) in [5, 5.41) is 0. The first-order chi connectivity index (χ1) is 11.6. The van der Waals surface area contributed by atoms with Gasteiger partial charge in [-0.05, 0) is 46.0 Å². The SMILES string of the molecule is Cc1nc(C(=O)N2CC3CCN(C(=O)OC(C)(C)C)CC3C2)c(C)o1. The number of carbonyl (C=O) groups excluding carboxylic acids is 2. The minimum atomic E-state index is -0.492. The predicted octanol–water partition coefficient (Wildman–Crippen LogP) is 2.62. The summed E-state index contributed by atoms with van der Waals surface area (Å²) in [7, 11) is 0. The van der Waals surface area contributed by atoms with Gasteiger partial charge in [0.1, 0.15) is 11.4 Å². The van der Waals surface area contributed by atoms with E-state index in [0.29, 0.717) is 48.8 Å². The van der Waals surface area contributed by atoms with Crippen molar-refractivity contribution in [2.24, 2.45) is 11.8 Å². The van der Waals surface area contributed by atoms with Gasteiger partial charge in [0.25, 0.3) is 5.91 Å². The number of aromatic nitrogens is 1. The van der Waals surface area contributed by atoms with Crippen LogP contribution < -0.4 is 0 Å². The molecule has 2 saturated heterocycles. The Morgan fingerprint density at radius 1 is 1.12 bits per heavy atom. The van der Waals surface area contributed by atoms with Crippen LogP contribution in [0.3, 0.4) is 0 Å². The summed E-state index contributed by atoms with van der Waals surface area (Å²) >= 11 is 0. The van der Waals surface area contributed by atoms with E-state index >= 15 is 0 Å². The molecular formula is C18H27N3O4. The first kappa shape index (κ1) is 17.8. The van der Waals surface area contributed by atoms with Crippen LogP contribution in [0.25, 0.3) is 0 Å². The summed E-state index contributed by atoms with van der Waals surface area (Å²) < 4.78 is 10.9. The van der Waals surface area contributed by atoms with Gasteiger partial charge in [0, 0.05) is 33.1 Å². The number of amides is 2. The van der Waals surface area contributed by atoms with Gasteiger partial charge in [-0.15, -0.1) is 0 Å². The largest absolute Gasteiger partial charge is 0.445 e. The number of ether oxygens (including phenoxy) is 1. The lowest BCUT2D eigenvalue weighted by atomic mass is 9.89. The molecule has 138 valence electrons. The van der Waals surface area contributed by atoms with Gasteiger partial charge in [-0.25, -0.2) is 9.78 Å². The number of hydrogen-bond donors (Lipinski definition) is 0. The number of fused-ring (bicyclic) bond motifs is 1. The summed E-state index contributed by atoms with van der Waals surface area (Å²) in [5.41, 5.74) is -0.0892. The third kappa shape index (κ3) is 3.80. The van der Waals surface area contributed by atoms with Crippen molar-refractivity contribution in [1.82, 2.24) is 14.8 Å². The molecule has 1 aromatic rings. The van der Waals surface area contributed by atoms with Crippen LogP contribution in [0.5, 0.6) is 0 Å². The highest BCUT2D eigenvalue weighted by molar-refractivity contribution is 5.93. The third-order valence-corrected chi connectivity index (χ3v) is 4.85. The Morgan fingerprint density at radius 2 is 1.76 bits per heavy atom. The van der Waals surface area contributed by atoms with Crippen LogP contribution in [-0.4, -0.2) is 58.6 Å². The average molecular weight is 349 g/mol. The van der Waals surface area contributed by atoms with E-state index < -0.39 is 5.60 Å². The fraction of sp³-hybridized carbons (Fsp3) is 0.722. The minimum Gasteiger partial charge on any atom is -0.445 e. The summed E-state index contributed by atoms with van der Waals surface area (Å²) in [4.78, 5) is 32.8. The van der Waals surface area contributed by atoms with E-state index in [0.717, 1.165) is 13.0 Å². The number of oxazole rings is 1. The molecular weight excluding hydrogens is 322 g/mol. The molecule has 3 heterocycles. The number of piperidine rings is 1. The first-order valence-corrected chi connectivity index (χ1v) is 8.85. The zero-order chi connectivity index (χ0) is 18.4. The fourth-order valence-electron chi connectivity index (χ4n) is 3.70. The zero-order valence-corrected chi connectivity index (χ0v) is 15.7. The maximum absolute atomic E-state index is 12.7. The van der Waals surface area contributed by atoms with E-state index in [1.165, 1.54) is 0 Å². The van der Waals surface area contributed by atoms with Crippen molar-refractivity contribution in [3.05, 3.63) is 17.3 Å². The number of likely N-dealkylation sites (tertiary alicyclic amines) is 2. The molecule has 0 saturated carbocycles. The van der Waals surface area contributed by atoms with Crippen molar-refractivity contribution in [2.75, 3.05) is 26.2 Å². The van der Waals surface area contributed by atoms with Gasteiger partial charge in [-0.2, -0.15) is 0 Å². The highest BCUT2D eigenvalue weighted by atomic mass is 16.6. The molecule has 2 fully saturated rings. The number of nitrogens with zero attached hydrogens (tertiary/aromatic N) is 3. The molecule has 3 rings (SSSR count). The Labute approximate surface area is 148 Å². The Morgan fingerprint density at radius 3 is 2.36 bits per heavy atom. The topological polar surface area (TPSA) is 75.9 Å². The average Bonchev–Trinajstić information content (AvgIpc) is 3.06. The smallest absolute Gasteiger partial charge is 0.410 e. The van der Waals surface area contributed by atoms with Crippen molar-refractivity contribution in [3.8, 4) is 0 Å². The molecule has 1 aromatic heterocycles. The Balaban J connectivity index is 1.63. The van der Waals surface area contributed by atoms with Crippen LogP contribution in [0.1, 0.15) is 49.3 Å². The Kier molecular flexibility index (Phi) is 4.51. The molecule has 0 N–H and O–H groups in total. The van der Waals surface area contributed by atoms with Crippen LogP contribution in [0.15, 0.2) is 4.42 Å². The van der Waals surface area contributed by atoms with Gasteiger partial charge in [-0.3, -0.25) is 4.79 Å². The summed E-state index contributed by atoms with van der Waals surface area (Å²) in [6.07, 6.45) is 0.628. The van der Waals surface area contributed by atoms with Crippen molar-refractivity contribution < 1.29 is 18.7 Å². The molecule has 0 aromatic carbocycles. The van der Waals surface area contributed by atoms with E-state index in [1.54, 1.807) is 18.7 Å². The molecule has 0 bridgehead atoms. The molecule has 2 unspecified atom stereocenters. The Bertz CT molecular complexity index is 676. The predicted molar refractivity (Wildman–Crippen MR) is 91.3 cm³/mol. The van der Waals surface area contributed by atoms with E-state index in [1.807, 2.05) is 25.7 Å². The maximum Gasteiger partial charge on any atom is 0.410 e. The number of carbonyl (C=O) groups is 2. The maximum atomic E-state index is 12.7. The summed E-state index contributed by atoms with van der Waals surface area (Å²) in [6.45, 7) is 11.8. The standard InChI is InChI=1S/C18H27N3O4/c1-11-15(19-12(2)24-11)16(22)21-8-13-6-7-20(9-14(13)10-21)17(23)25-18(3,4)5/h13-14H,6-10H2,1-5H3. The lowest BCUT2D eigenvalue weighted by Gasteiger charge is -2.35. The van der Waals surface area contributed by atoms with E-state index in [4.69, 9.17) is 9.15 Å². The van der Waals surface area contributed by atoms with Crippen molar-refractivity contribution in [3.63, 3.8) is 0 Å². The third-order valence-electron chi connectivity index (χ3n) is 4.85. The van der Waals surface area contributed by atoms with Gasteiger partial charge in [0.15, 0.2) is 11.6 Å². The number of hydrogen-bond acceptors (Lipinski definition) is 5. The molecule has 0 aliphatic carbocycles. The van der Waals surface area contributed by atoms with Crippen molar-refractivity contribution in [2.45, 2.75) is 46.6 Å². The molecule has 2 amide bonds. The molecule has 7 nitrogen and oxygen atoms in total. The van der Waals surface area contributed by atoms with Gasteiger partial charge < -0.3 is 19.0 Å². The van der Waals surface area contributed by atoms with Gasteiger partial charge >= 0.3 is 6.09 Å². The van der Waals surface area contributed by atoms with Crippen LogP contribution >= 0.6 is 0 Å². The van der Waals surface area contributed by atoms with Crippen LogP contribution in [0, 0.1) is 25.7 Å². The highest BCUT2D eigenvalue weighted by Crippen LogP contribution is 2.32. The number of rotatable bonds is 1. The Hall–Kier alpha value is -2.05. The number of aryl methyl sites for hydroxylation is 2. The second kappa shape index (κ2) is 6.35. The van der Waals surface area contributed by atoms with Crippen LogP contribution in [0.2, 0.25) is 0 Å².